The van der Waals surface area contributed by atoms with Gasteiger partial charge >= 0.3 is 0 Å². The van der Waals surface area contributed by atoms with E-state index in [0.717, 1.165) is 23.8 Å². The lowest BCUT2D eigenvalue weighted by molar-refractivity contribution is -0.117. The van der Waals surface area contributed by atoms with Crippen molar-refractivity contribution in [2.75, 3.05) is 10.0 Å². The Hall–Kier alpha value is -2.60. The summed E-state index contributed by atoms with van der Waals surface area (Å²) < 4.78 is 26.8. The zero-order valence-corrected chi connectivity index (χ0v) is 13.8. The summed E-state index contributed by atoms with van der Waals surface area (Å²) >= 11 is 0. The number of sulfonamides is 1. The van der Waals surface area contributed by atoms with Crippen molar-refractivity contribution in [3.63, 3.8) is 0 Å². The van der Waals surface area contributed by atoms with E-state index < -0.39 is 10.0 Å². The van der Waals surface area contributed by atoms with Gasteiger partial charge in [-0.3, -0.25) is 9.52 Å². The molecule has 3 rings (SSSR count). The van der Waals surface area contributed by atoms with Crippen LogP contribution in [-0.2, 0) is 14.8 Å². The van der Waals surface area contributed by atoms with Crippen LogP contribution >= 0.6 is 0 Å². The molecule has 1 aliphatic carbocycles. The van der Waals surface area contributed by atoms with Crippen LogP contribution in [0.3, 0.4) is 0 Å². The largest absolute Gasteiger partial charge is 0.326 e. The summed E-state index contributed by atoms with van der Waals surface area (Å²) in [5.74, 6) is 0.0816. The molecule has 2 aromatic carbocycles. The van der Waals surface area contributed by atoms with Crippen LogP contribution in [0.5, 0.6) is 0 Å². The second-order valence-electron chi connectivity index (χ2n) is 5.70. The smallest absolute Gasteiger partial charge is 0.255 e. The van der Waals surface area contributed by atoms with Crippen LogP contribution in [0.2, 0.25) is 0 Å². The molecule has 1 fully saturated rings. The highest BCUT2D eigenvalue weighted by Crippen LogP contribution is 2.30. The van der Waals surface area contributed by atoms with E-state index in [-0.39, 0.29) is 11.8 Å². The number of benzene rings is 2. The van der Waals surface area contributed by atoms with Crippen LogP contribution in [0.1, 0.15) is 18.4 Å². The molecule has 0 unspecified atom stereocenters. The minimum atomic E-state index is -3.63. The van der Waals surface area contributed by atoms with E-state index in [2.05, 4.69) is 10.0 Å². The number of hydrogen-bond donors (Lipinski definition) is 2. The molecule has 24 heavy (non-hydrogen) atoms. The third kappa shape index (κ3) is 4.70. The first-order chi connectivity index (χ1) is 11.5. The van der Waals surface area contributed by atoms with Crippen LogP contribution in [0.25, 0.3) is 6.08 Å². The Bertz CT molecular complexity index is 857. The van der Waals surface area contributed by atoms with Crippen molar-refractivity contribution in [3.8, 4) is 0 Å². The van der Waals surface area contributed by atoms with Crippen LogP contribution in [0.4, 0.5) is 11.4 Å². The van der Waals surface area contributed by atoms with Gasteiger partial charge in [0.1, 0.15) is 0 Å². The number of anilines is 2. The maximum atomic E-state index is 12.1. The zero-order valence-electron chi connectivity index (χ0n) is 13.0. The van der Waals surface area contributed by atoms with Crippen molar-refractivity contribution in [1.82, 2.24) is 0 Å². The van der Waals surface area contributed by atoms with E-state index in [9.17, 15) is 13.2 Å². The summed E-state index contributed by atoms with van der Waals surface area (Å²) in [5, 5.41) is 3.92. The lowest BCUT2D eigenvalue weighted by Gasteiger charge is -2.08. The van der Waals surface area contributed by atoms with E-state index in [4.69, 9.17) is 0 Å². The molecule has 2 N–H and O–H groups in total. The van der Waals surface area contributed by atoms with Gasteiger partial charge in [0.15, 0.2) is 0 Å². The van der Waals surface area contributed by atoms with Crippen molar-refractivity contribution in [3.05, 3.63) is 65.6 Å². The van der Waals surface area contributed by atoms with Gasteiger partial charge in [0.25, 0.3) is 10.0 Å². The fraction of sp³-hybridized carbons (Fsp3) is 0.167. The predicted octanol–water partition coefficient (Wildman–Crippen LogP) is 3.45. The molecule has 0 saturated heterocycles. The summed E-state index contributed by atoms with van der Waals surface area (Å²) in [6, 6.07) is 15.9. The van der Waals surface area contributed by atoms with Gasteiger partial charge in [-0.1, -0.05) is 36.4 Å². The first-order valence-electron chi connectivity index (χ1n) is 7.69. The molecule has 0 atom stereocenters. The van der Waals surface area contributed by atoms with Gasteiger partial charge in [-0.05, 0) is 42.7 Å². The highest BCUT2D eigenvalue weighted by atomic mass is 32.2. The van der Waals surface area contributed by atoms with Gasteiger partial charge in [0, 0.05) is 11.6 Å². The normalized spacial score (nSPS) is 14.5. The predicted molar refractivity (Wildman–Crippen MR) is 95.8 cm³/mol. The molecule has 0 aliphatic heterocycles. The Morgan fingerprint density at radius 1 is 1.00 bits per heavy atom. The molecule has 1 saturated carbocycles. The van der Waals surface area contributed by atoms with Crippen molar-refractivity contribution in [1.29, 1.82) is 0 Å². The molecule has 2 aromatic rings. The van der Waals surface area contributed by atoms with E-state index in [1.807, 2.05) is 30.3 Å². The van der Waals surface area contributed by atoms with Crippen LogP contribution in [0.15, 0.2) is 60.0 Å². The maximum absolute atomic E-state index is 12.1. The van der Waals surface area contributed by atoms with Crippen molar-refractivity contribution >= 4 is 33.4 Å². The fourth-order valence-corrected chi connectivity index (χ4v) is 3.04. The molecule has 5 nitrogen and oxygen atoms in total. The monoisotopic (exact) mass is 342 g/mol. The number of hydrogen-bond acceptors (Lipinski definition) is 3. The minimum absolute atomic E-state index is 0.0148. The van der Waals surface area contributed by atoms with Gasteiger partial charge in [-0.15, -0.1) is 0 Å². The maximum Gasteiger partial charge on any atom is 0.255 e. The lowest BCUT2D eigenvalue weighted by atomic mass is 10.2. The third-order valence-corrected chi connectivity index (χ3v) is 4.59. The number of rotatable bonds is 6. The second-order valence-corrected chi connectivity index (χ2v) is 7.27. The van der Waals surface area contributed by atoms with E-state index >= 15 is 0 Å². The quantitative estimate of drug-likeness (QED) is 0.844. The lowest BCUT2D eigenvalue weighted by Crippen LogP contribution is -2.14. The number of amides is 1. The number of carbonyl (C=O) groups is 1. The molecule has 0 spiro atoms. The van der Waals surface area contributed by atoms with E-state index in [1.165, 1.54) is 6.08 Å². The summed E-state index contributed by atoms with van der Waals surface area (Å²) in [5.41, 5.74) is 1.79. The molecule has 6 heteroatoms. The highest BCUT2D eigenvalue weighted by molar-refractivity contribution is 7.95. The summed E-state index contributed by atoms with van der Waals surface area (Å²) in [6.07, 6.45) is 3.37. The average Bonchev–Trinajstić information content (AvgIpc) is 3.39. The Kier molecular flexibility index (Phi) is 4.66. The second kappa shape index (κ2) is 6.88. The van der Waals surface area contributed by atoms with Crippen LogP contribution in [-0.4, -0.2) is 14.3 Å². The Labute approximate surface area is 141 Å². The summed E-state index contributed by atoms with van der Waals surface area (Å²) in [6.45, 7) is 0. The minimum Gasteiger partial charge on any atom is -0.326 e. The topological polar surface area (TPSA) is 75.3 Å². The molecule has 1 aliphatic rings. The molecular formula is C18H18N2O3S. The zero-order chi connectivity index (χ0) is 17.0. The van der Waals surface area contributed by atoms with Crippen molar-refractivity contribution in [2.45, 2.75) is 12.8 Å². The highest BCUT2D eigenvalue weighted by Gasteiger charge is 2.29. The molecule has 0 heterocycles. The van der Waals surface area contributed by atoms with Gasteiger partial charge in [0.2, 0.25) is 5.91 Å². The molecule has 0 radical (unpaired) electrons. The summed E-state index contributed by atoms with van der Waals surface area (Å²) in [7, 11) is -3.63. The summed E-state index contributed by atoms with van der Waals surface area (Å²) in [4.78, 5) is 11.8. The standard InChI is InChI=1S/C18H18N2O3S/c21-18(15-9-10-15)19-16-7-4-8-17(13-16)20-24(22,23)12-11-14-5-2-1-3-6-14/h1-8,11-13,15,20H,9-10H2,(H,19,21)/b12-11+. The molecule has 124 valence electrons. The Balaban J connectivity index is 1.68. The molecular weight excluding hydrogens is 324 g/mol. The van der Waals surface area contributed by atoms with Crippen molar-refractivity contribution in [2.24, 2.45) is 5.92 Å². The first kappa shape index (κ1) is 16.3. The van der Waals surface area contributed by atoms with Crippen molar-refractivity contribution < 1.29 is 13.2 Å². The first-order valence-corrected chi connectivity index (χ1v) is 9.23. The third-order valence-electron chi connectivity index (χ3n) is 3.58. The van der Waals surface area contributed by atoms with Gasteiger partial charge < -0.3 is 5.32 Å². The van der Waals surface area contributed by atoms with Crippen LogP contribution in [0, 0.1) is 5.92 Å². The Morgan fingerprint density at radius 2 is 1.71 bits per heavy atom. The molecule has 0 bridgehead atoms. The molecule has 0 aromatic heterocycles. The number of carbonyl (C=O) groups excluding carboxylic acids is 1. The van der Waals surface area contributed by atoms with E-state index in [1.54, 1.807) is 24.3 Å². The average molecular weight is 342 g/mol. The Morgan fingerprint density at radius 3 is 2.42 bits per heavy atom. The van der Waals surface area contributed by atoms with Gasteiger partial charge in [-0.2, -0.15) is 0 Å². The van der Waals surface area contributed by atoms with Gasteiger partial charge in [-0.25, -0.2) is 8.42 Å². The van der Waals surface area contributed by atoms with Crippen LogP contribution < -0.4 is 10.0 Å². The number of nitrogens with one attached hydrogen (secondary N) is 2. The SMILES string of the molecule is O=C(Nc1cccc(NS(=O)(=O)/C=C/c2ccccc2)c1)C1CC1. The fourth-order valence-electron chi connectivity index (χ4n) is 2.18. The van der Waals surface area contributed by atoms with E-state index in [0.29, 0.717) is 11.4 Å². The van der Waals surface area contributed by atoms with Gasteiger partial charge in [0.05, 0.1) is 11.1 Å². The molecule has 1 amide bonds.